The molecular formula is C22H21N5OS. The molecule has 1 aromatic carbocycles. The average molecular weight is 404 g/mol. The predicted octanol–water partition coefficient (Wildman–Crippen LogP) is 5.30. The molecule has 1 N–H and O–H groups in total. The molecule has 3 heterocycles. The molecule has 3 aromatic heterocycles. The van der Waals surface area contributed by atoms with Crippen molar-refractivity contribution in [2.75, 3.05) is 5.32 Å². The van der Waals surface area contributed by atoms with Crippen LogP contribution in [0.1, 0.15) is 48.0 Å². The largest absolute Gasteiger partial charge is 0.296 e. The number of nitrogens with zero attached hydrogens (tertiary/aromatic N) is 4. The Labute approximate surface area is 173 Å². The zero-order valence-electron chi connectivity index (χ0n) is 16.3. The summed E-state index contributed by atoms with van der Waals surface area (Å²) >= 11 is 1.44. The van der Waals surface area contributed by atoms with Gasteiger partial charge in [0.1, 0.15) is 5.01 Å². The Morgan fingerprint density at radius 1 is 1.07 bits per heavy atom. The SMILES string of the molecule is CCC(CC)c1nnc(NC(=O)c2cc(-c3ccncc3)nc3ccccc23)s1. The van der Waals surface area contributed by atoms with E-state index in [9.17, 15) is 4.79 Å². The number of aromatic nitrogens is 4. The van der Waals surface area contributed by atoms with Crippen LogP contribution in [-0.4, -0.2) is 26.1 Å². The van der Waals surface area contributed by atoms with Gasteiger partial charge in [0.15, 0.2) is 0 Å². The maximum Gasteiger partial charge on any atom is 0.258 e. The van der Waals surface area contributed by atoms with Gasteiger partial charge in [-0.1, -0.05) is 43.4 Å². The van der Waals surface area contributed by atoms with E-state index in [1.165, 1.54) is 11.3 Å². The van der Waals surface area contributed by atoms with E-state index in [1.807, 2.05) is 42.5 Å². The van der Waals surface area contributed by atoms with Gasteiger partial charge in [-0.3, -0.25) is 15.1 Å². The van der Waals surface area contributed by atoms with Crippen LogP contribution < -0.4 is 5.32 Å². The number of nitrogens with one attached hydrogen (secondary N) is 1. The molecule has 6 nitrogen and oxygen atoms in total. The van der Waals surface area contributed by atoms with E-state index in [0.29, 0.717) is 16.6 Å². The Balaban J connectivity index is 1.70. The number of rotatable bonds is 6. The first-order valence-electron chi connectivity index (χ1n) is 9.64. The summed E-state index contributed by atoms with van der Waals surface area (Å²) in [5.41, 5.74) is 2.96. The van der Waals surface area contributed by atoms with Crippen molar-refractivity contribution in [1.82, 2.24) is 20.2 Å². The predicted molar refractivity (Wildman–Crippen MR) is 116 cm³/mol. The van der Waals surface area contributed by atoms with E-state index < -0.39 is 0 Å². The van der Waals surface area contributed by atoms with Crippen LogP contribution in [0, 0.1) is 0 Å². The summed E-state index contributed by atoms with van der Waals surface area (Å²) in [6.45, 7) is 4.27. The van der Waals surface area contributed by atoms with Crippen molar-refractivity contribution in [1.29, 1.82) is 0 Å². The molecule has 146 valence electrons. The minimum atomic E-state index is -0.217. The molecule has 0 bridgehead atoms. The van der Waals surface area contributed by atoms with Crippen LogP contribution in [-0.2, 0) is 0 Å². The number of benzene rings is 1. The summed E-state index contributed by atoms with van der Waals surface area (Å²) in [6.07, 6.45) is 5.44. The van der Waals surface area contributed by atoms with Crippen LogP contribution in [0.5, 0.6) is 0 Å². The minimum absolute atomic E-state index is 0.217. The van der Waals surface area contributed by atoms with Crippen LogP contribution in [0.4, 0.5) is 5.13 Å². The first-order chi connectivity index (χ1) is 14.2. The normalized spacial score (nSPS) is 11.1. The zero-order valence-corrected chi connectivity index (χ0v) is 17.1. The van der Waals surface area contributed by atoms with E-state index in [-0.39, 0.29) is 5.91 Å². The number of carbonyl (C=O) groups is 1. The smallest absolute Gasteiger partial charge is 0.258 e. The van der Waals surface area contributed by atoms with Gasteiger partial charge >= 0.3 is 0 Å². The molecule has 0 unspecified atom stereocenters. The molecule has 4 rings (SSSR count). The molecule has 0 radical (unpaired) electrons. The second-order valence-corrected chi connectivity index (χ2v) is 7.73. The number of fused-ring (bicyclic) bond motifs is 1. The van der Waals surface area contributed by atoms with Crippen LogP contribution in [0.15, 0.2) is 54.9 Å². The molecule has 0 saturated heterocycles. The molecule has 4 aromatic rings. The zero-order chi connectivity index (χ0) is 20.2. The highest BCUT2D eigenvalue weighted by atomic mass is 32.1. The Bertz CT molecular complexity index is 1140. The summed E-state index contributed by atoms with van der Waals surface area (Å²) in [5, 5.41) is 13.6. The van der Waals surface area contributed by atoms with Crippen LogP contribution in [0.3, 0.4) is 0 Å². The van der Waals surface area contributed by atoms with Crippen molar-refractivity contribution < 1.29 is 4.79 Å². The number of amides is 1. The summed E-state index contributed by atoms with van der Waals surface area (Å²) in [6, 6.07) is 13.2. The van der Waals surface area contributed by atoms with Gasteiger partial charge < -0.3 is 0 Å². The van der Waals surface area contributed by atoms with Crippen molar-refractivity contribution in [2.24, 2.45) is 0 Å². The van der Waals surface area contributed by atoms with Crippen molar-refractivity contribution in [3.63, 3.8) is 0 Å². The van der Waals surface area contributed by atoms with Gasteiger partial charge in [-0.25, -0.2) is 4.98 Å². The second kappa shape index (κ2) is 8.45. The van der Waals surface area contributed by atoms with Gasteiger partial charge in [-0.2, -0.15) is 0 Å². The highest BCUT2D eigenvalue weighted by Crippen LogP contribution is 2.29. The third-order valence-electron chi connectivity index (χ3n) is 4.93. The van der Waals surface area contributed by atoms with Crippen molar-refractivity contribution in [3.05, 3.63) is 65.4 Å². The van der Waals surface area contributed by atoms with Crippen molar-refractivity contribution in [2.45, 2.75) is 32.6 Å². The Morgan fingerprint density at radius 2 is 1.83 bits per heavy atom. The Kier molecular flexibility index (Phi) is 5.57. The lowest BCUT2D eigenvalue weighted by molar-refractivity contribution is 0.102. The molecule has 0 aliphatic heterocycles. The number of para-hydroxylation sites is 1. The van der Waals surface area contributed by atoms with E-state index in [0.717, 1.165) is 40.0 Å². The molecule has 0 saturated carbocycles. The van der Waals surface area contributed by atoms with Gasteiger partial charge in [0.05, 0.1) is 16.8 Å². The van der Waals surface area contributed by atoms with E-state index in [4.69, 9.17) is 4.98 Å². The van der Waals surface area contributed by atoms with Crippen LogP contribution in [0.25, 0.3) is 22.2 Å². The number of carbonyl (C=O) groups excluding carboxylic acids is 1. The fourth-order valence-electron chi connectivity index (χ4n) is 3.29. The summed E-state index contributed by atoms with van der Waals surface area (Å²) < 4.78 is 0. The summed E-state index contributed by atoms with van der Waals surface area (Å²) in [4.78, 5) is 21.9. The second-order valence-electron chi connectivity index (χ2n) is 6.72. The highest BCUT2D eigenvalue weighted by Gasteiger charge is 2.18. The third kappa shape index (κ3) is 4.00. The number of hydrogen-bond donors (Lipinski definition) is 1. The molecule has 1 amide bonds. The van der Waals surface area contributed by atoms with Crippen molar-refractivity contribution in [3.8, 4) is 11.3 Å². The molecular weight excluding hydrogens is 382 g/mol. The van der Waals surface area contributed by atoms with Gasteiger partial charge in [0.25, 0.3) is 5.91 Å². The van der Waals surface area contributed by atoms with Gasteiger partial charge in [0.2, 0.25) is 5.13 Å². The number of pyridine rings is 2. The van der Waals surface area contributed by atoms with Crippen molar-refractivity contribution >= 4 is 33.3 Å². The minimum Gasteiger partial charge on any atom is -0.296 e. The lowest BCUT2D eigenvalue weighted by Gasteiger charge is -2.09. The number of anilines is 1. The monoisotopic (exact) mass is 403 g/mol. The Morgan fingerprint density at radius 3 is 2.59 bits per heavy atom. The first kappa shape index (κ1) is 19.1. The van der Waals surface area contributed by atoms with Gasteiger partial charge in [-0.15, -0.1) is 10.2 Å². The molecule has 0 fully saturated rings. The summed E-state index contributed by atoms with van der Waals surface area (Å²) in [5.74, 6) is 0.157. The van der Waals surface area contributed by atoms with E-state index >= 15 is 0 Å². The molecule has 29 heavy (non-hydrogen) atoms. The molecule has 7 heteroatoms. The molecule has 0 aliphatic rings. The first-order valence-corrected chi connectivity index (χ1v) is 10.5. The van der Waals surface area contributed by atoms with Gasteiger partial charge in [0, 0.05) is 29.3 Å². The molecule has 0 spiro atoms. The highest BCUT2D eigenvalue weighted by molar-refractivity contribution is 7.15. The molecule has 0 aliphatic carbocycles. The fraction of sp³-hybridized carbons (Fsp3) is 0.227. The van der Waals surface area contributed by atoms with E-state index in [1.54, 1.807) is 12.4 Å². The maximum absolute atomic E-state index is 13.1. The third-order valence-corrected chi connectivity index (χ3v) is 5.93. The lowest BCUT2D eigenvalue weighted by Crippen LogP contribution is -2.13. The van der Waals surface area contributed by atoms with Crippen LogP contribution >= 0.6 is 11.3 Å². The fourth-order valence-corrected chi connectivity index (χ4v) is 4.29. The molecule has 0 atom stereocenters. The van der Waals surface area contributed by atoms with E-state index in [2.05, 4.69) is 34.3 Å². The Hall–Kier alpha value is -3.19. The lowest BCUT2D eigenvalue weighted by atomic mass is 10.0. The van der Waals surface area contributed by atoms with Gasteiger partial charge in [-0.05, 0) is 37.1 Å². The maximum atomic E-state index is 13.1. The quantitative estimate of drug-likeness (QED) is 0.472. The summed E-state index contributed by atoms with van der Waals surface area (Å²) in [7, 11) is 0. The number of hydrogen-bond acceptors (Lipinski definition) is 6. The topological polar surface area (TPSA) is 80.7 Å². The average Bonchev–Trinajstić information content (AvgIpc) is 3.22. The van der Waals surface area contributed by atoms with Crippen LogP contribution in [0.2, 0.25) is 0 Å². The standard InChI is InChI=1S/C22H21N5OS/c1-3-14(4-2)21-26-27-22(29-21)25-20(28)17-13-19(15-9-11-23-12-10-15)24-18-8-6-5-7-16(17)18/h5-14H,3-4H2,1-2H3,(H,25,27,28).